The Bertz CT molecular complexity index is 765. The van der Waals surface area contributed by atoms with Gasteiger partial charge in [-0.3, -0.25) is 4.79 Å². The molecule has 0 bridgehead atoms. The van der Waals surface area contributed by atoms with Gasteiger partial charge in [-0.2, -0.15) is 0 Å². The molecule has 144 valence electrons. The summed E-state index contributed by atoms with van der Waals surface area (Å²) in [6.07, 6.45) is 0. The molecule has 2 aromatic carbocycles. The predicted octanol–water partition coefficient (Wildman–Crippen LogP) is 2.25. The van der Waals surface area contributed by atoms with Crippen LogP contribution >= 0.6 is 0 Å². The number of anilines is 2. The monoisotopic (exact) mass is 368 g/mol. The van der Waals surface area contributed by atoms with Gasteiger partial charge in [0.05, 0.1) is 26.2 Å². The van der Waals surface area contributed by atoms with Gasteiger partial charge in [-0.1, -0.05) is 32.0 Å². The van der Waals surface area contributed by atoms with Crippen molar-refractivity contribution in [2.24, 2.45) is 0 Å². The molecule has 1 fully saturated rings. The molecule has 0 aliphatic carbocycles. The van der Waals surface area contributed by atoms with Crippen LogP contribution in [0.2, 0.25) is 0 Å². The molecule has 1 aliphatic rings. The van der Waals surface area contributed by atoms with Crippen LogP contribution in [0.5, 0.6) is 5.75 Å². The number of carbonyl (C=O) groups excluding carboxylic acids is 1. The van der Waals surface area contributed by atoms with E-state index in [-0.39, 0.29) is 17.7 Å². The van der Waals surface area contributed by atoms with Crippen LogP contribution in [0.15, 0.2) is 48.5 Å². The van der Waals surface area contributed by atoms with E-state index in [1.807, 2.05) is 37.3 Å². The van der Waals surface area contributed by atoms with E-state index in [0.717, 1.165) is 37.6 Å². The highest BCUT2D eigenvalue weighted by atomic mass is 16.3. The number of amides is 1. The number of para-hydroxylation sites is 1. The summed E-state index contributed by atoms with van der Waals surface area (Å²) in [6, 6.07) is 15.3. The number of carbonyl (C=O) groups is 1. The number of nitrogens with zero attached hydrogens (tertiary/aromatic N) is 1. The SMILES string of the molecule is CC(C)c1ccccc1NC(=O)[C@@H](C)[NH+]1CCN(c2ccc(O)cc2)CC1. The van der Waals surface area contributed by atoms with E-state index in [0.29, 0.717) is 5.92 Å². The van der Waals surface area contributed by atoms with Gasteiger partial charge in [-0.25, -0.2) is 0 Å². The number of aromatic hydroxyl groups is 1. The third-order valence-electron chi connectivity index (χ3n) is 5.47. The van der Waals surface area contributed by atoms with Gasteiger partial charge in [-0.15, -0.1) is 0 Å². The number of quaternary nitrogens is 1. The Kier molecular flexibility index (Phi) is 6.01. The van der Waals surface area contributed by atoms with Gasteiger partial charge in [0.2, 0.25) is 0 Å². The number of phenols is 1. The maximum Gasteiger partial charge on any atom is 0.282 e. The molecule has 3 N–H and O–H groups in total. The van der Waals surface area contributed by atoms with E-state index in [1.54, 1.807) is 12.1 Å². The smallest absolute Gasteiger partial charge is 0.282 e. The normalized spacial score (nSPS) is 16.4. The molecule has 3 rings (SSSR count). The van der Waals surface area contributed by atoms with Crippen LogP contribution in [0.25, 0.3) is 0 Å². The minimum absolute atomic E-state index is 0.0798. The zero-order chi connectivity index (χ0) is 19.4. The van der Waals surface area contributed by atoms with Crippen molar-refractivity contribution in [1.82, 2.24) is 0 Å². The molecular weight excluding hydrogens is 338 g/mol. The lowest BCUT2D eigenvalue weighted by atomic mass is 10.0. The molecule has 27 heavy (non-hydrogen) atoms. The molecule has 1 saturated heterocycles. The Balaban J connectivity index is 1.58. The lowest BCUT2D eigenvalue weighted by molar-refractivity contribution is -0.914. The van der Waals surface area contributed by atoms with Crippen LogP contribution in [0.1, 0.15) is 32.3 Å². The highest BCUT2D eigenvalue weighted by Crippen LogP contribution is 2.23. The summed E-state index contributed by atoms with van der Waals surface area (Å²) in [7, 11) is 0. The van der Waals surface area contributed by atoms with Gasteiger partial charge in [0, 0.05) is 11.4 Å². The summed E-state index contributed by atoms with van der Waals surface area (Å²) in [5, 5.41) is 12.6. The summed E-state index contributed by atoms with van der Waals surface area (Å²) >= 11 is 0. The van der Waals surface area contributed by atoms with Crippen LogP contribution in [0.4, 0.5) is 11.4 Å². The van der Waals surface area contributed by atoms with Crippen molar-refractivity contribution in [3.8, 4) is 5.75 Å². The van der Waals surface area contributed by atoms with Crippen molar-refractivity contribution in [1.29, 1.82) is 0 Å². The number of rotatable bonds is 5. The fraction of sp³-hybridized carbons (Fsp3) is 0.409. The first-order valence-corrected chi connectivity index (χ1v) is 9.74. The zero-order valence-corrected chi connectivity index (χ0v) is 16.4. The number of hydrogen-bond donors (Lipinski definition) is 3. The van der Waals surface area contributed by atoms with Crippen LogP contribution < -0.4 is 15.1 Å². The molecule has 2 aromatic rings. The second-order valence-corrected chi connectivity index (χ2v) is 7.61. The van der Waals surface area contributed by atoms with E-state index < -0.39 is 0 Å². The van der Waals surface area contributed by atoms with E-state index in [2.05, 4.69) is 30.1 Å². The molecule has 5 heteroatoms. The largest absolute Gasteiger partial charge is 0.508 e. The number of piperazine rings is 1. The molecule has 1 heterocycles. The number of nitrogens with one attached hydrogen (secondary N) is 2. The minimum Gasteiger partial charge on any atom is -0.508 e. The molecule has 0 radical (unpaired) electrons. The summed E-state index contributed by atoms with van der Waals surface area (Å²) in [5.41, 5.74) is 3.21. The quantitative estimate of drug-likeness (QED) is 0.759. The molecule has 1 aliphatic heterocycles. The van der Waals surface area contributed by atoms with Gasteiger partial charge in [-0.05, 0) is 48.7 Å². The molecule has 1 amide bonds. The first-order valence-electron chi connectivity index (χ1n) is 9.74. The number of hydrogen-bond acceptors (Lipinski definition) is 3. The van der Waals surface area contributed by atoms with E-state index in [9.17, 15) is 9.90 Å². The van der Waals surface area contributed by atoms with E-state index >= 15 is 0 Å². The number of benzene rings is 2. The van der Waals surface area contributed by atoms with Crippen LogP contribution in [-0.2, 0) is 4.79 Å². The second-order valence-electron chi connectivity index (χ2n) is 7.61. The van der Waals surface area contributed by atoms with Crippen LogP contribution in [-0.4, -0.2) is 43.2 Å². The topological polar surface area (TPSA) is 57.0 Å². The molecule has 0 saturated carbocycles. The highest BCUT2D eigenvalue weighted by Gasteiger charge is 2.29. The predicted molar refractivity (Wildman–Crippen MR) is 110 cm³/mol. The lowest BCUT2D eigenvalue weighted by Gasteiger charge is -2.36. The van der Waals surface area contributed by atoms with Gasteiger partial charge in [0.25, 0.3) is 5.91 Å². The van der Waals surface area contributed by atoms with Gasteiger partial charge < -0.3 is 20.2 Å². The maximum atomic E-state index is 12.8. The summed E-state index contributed by atoms with van der Waals surface area (Å²) in [5.74, 6) is 0.740. The van der Waals surface area contributed by atoms with E-state index in [1.165, 1.54) is 10.5 Å². The molecule has 0 aromatic heterocycles. The third kappa shape index (κ3) is 4.61. The van der Waals surface area contributed by atoms with Crippen molar-refractivity contribution in [3.63, 3.8) is 0 Å². The van der Waals surface area contributed by atoms with Crippen molar-refractivity contribution in [2.45, 2.75) is 32.7 Å². The van der Waals surface area contributed by atoms with Crippen LogP contribution in [0, 0.1) is 0 Å². The van der Waals surface area contributed by atoms with Crippen molar-refractivity contribution in [3.05, 3.63) is 54.1 Å². The van der Waals surface area contributed by atoms with Crippen molar-refractivity contribution < 1.29 is 14.8 Å². The highest BCUT2D eigenvalue weighted by molar-refractivity contribution is 5.94. The average Bonchev–Trinajstić information content (AvgIpc) is 2.68. The maximum absolute atomic E-state index is 12.8. The summed E-state index contributed by atoms with van der Waals surface area (Å²) in [6.45, 7) is 9.94. The second kappa shape index (κ2) is 8.44. The van der Waals surface area contributed by atoms with Gasteiger partial charge in [0.15, 0.2) is 6.04 Å². The summed E-state index contributed by atoms with van der Waals surface area (Å²) in [4.78, 5) is 16.4. The molecule has 0 unspecified atom stereocenters. The Morgan fingerprint density at radius 1 is 1.04 bits per heavy atom. The van der Waals surface area contributed by atoms with Gasteiger partial charge >= 0.3 is 0 Å². The standard InChI is InChI=1S/C22H29N3O2/c1-16(2)20-6-4-5-7-21(20)23-22(27)17(3)24-12-14-25(15-13-24)18-8-10-19(26)11-9-18/h4-11,16-17,26H,12-15H2,1-3H3,(H,23,27)/p+1/t17-/m1/s1. The first kappa shape index (κ1) is 19.2. The van der Waals surface area contributed by atoms with Crippen molar-refractivity contribution >= 4 is 17.3 Å². The Morgan fingerprint density at radius 2 is 1.67 bits per heavy atom. The Hall–Kier alpha value is -2.53. The Labute approximate surface area is 161 Å². The zero-order valence-electron chi connectivity index (χ0n) is 16.4. The lowest BCUT2D eigenvalue weighted by Crippen LogP contribution is -3.19. The average molecular weight is 369 g/mol. The number of phenolic OH excluding ortho intramolecular Hbond substituents is 1. The van der Waals surface area contributed by atoms with Gasteiger partial charge in [0.1, 0.15) is 5.75 Å². The Morgan fingerprint density at radius 3 is 2.30 bits per heavy atom. The molecule has 0 spiro atoms. The fourth-order valence-electron chi connectivity index (χ4n) is 3.69. The molecular formula is C22H30N3O2+. The first-order chi connectivity index (χ1) is 13.0. The van der Waals surface area contributed by atoms with Crippen LogP contribution in [0.3, 0.4) is 0 Å². The van der Waals surface area contributed by atoms with Crippen molar-refractivity contribution in [2.75, 3.05) is 36.4 Å². The fourth-order valence-corrected chi connectivity index (χ4v) is 3.69. The minimum atomic E-state index is -0.0906. The third-order valence-corrected chi connectivity index (χ3v) is 5.47. The molecule has 5 nitrogen and oxygen atoms in total. The van der Waals surface area contributed by atoms with E-state index in [4.69, 9.17) is 0 Å². The molecule has 1 atom stereocenters. The summed E-state index contributed by atoms with van der Waals surface area (Å²) < 4.78 is 0.